The Kier molecular flexibility index (Phi) is 6.99. The molecule has 2 aromatic heterocycles. The molecule has 0 atom stereocenters. The summed E-state index contributed by atoms with van der Waals surface area (Å²) in [6, 6.07) is 13.6. The number of imidazole rings is 1. The number of hydrogen-bond donors (Lipinski definition) is 0. The second-order valence-electron chi connectivity index (χ2n) is 7.00. The van der Waals surface area contributed by atoms with E-state index in [9.17, 15) is 4.79 Å². The van der Waals surface area contributed by atoms with E-state index in [4.69, 9.17) is 11.6 Å². The SMILES string of the molecule is CN(C)CCCN(C)C(=O)c1nc(SCc2ccc(Cl)cc2)n2ccccc12. The number of carbonyl (C=O) groups excluding carboxylic acids is 1. The van der Waals surface area contributed by atoms with E-state index in [1.165, 1.54) is 0 Å². The number of pyridine rings is 1. The van der Waals surface area contributed by atoms with Crippen LogP contribution in [-0.4, -0.2) is 59.3 Å². The highest BCUT2D eigenvalue weighted by atomic mass is 35.5. The van der Waals surface area contributed by atoms with Crippen LogP contribution in [0, 0.1) is 0 Å². The van der Waals surface area contributed by atoms with Crippen LogP contribution >= 0.6 is 23.4 Å². The van der Waals surface area contributed by atoms with Crippen molar-refractivity contribution in [3.63, 3.8) is 0 Å². The van der Waals surface area contributed by atoms with Crippen molar-refractivity contribution >= 4 is 34.8 Å². The largest absolute Gasteiger partial charge is 0.340 e. The first-order valence-corrected chi connectivity index (χ1v) is 10.6. The molecule has 0 N–H and O–H groups in total. The molecule has 3 aromatic rings. The molecular formula is C21H25ClN4OS. The molecule has 0 spiro atoms. The van der Waals surface area contributed by atoms with E-state index in [1.54, 1.807) is 16.7 Å². The molecule has 3 rings (SSSR count). The minimum Gasteiger partial charge on any atom is -0.340 e. The Bertz CT molecular complexity index is 939. The van der Waals surface area contributed by atoms with Gasteiger partial charge in [0.15, 0.2) is 10.9 Å². The summed E-state index contributed by atoms with van der Waals surface area (Å²) >= 11 is 7.57. The van der Waals surface area contributed by atoms with Gasteiger partial charge in [0.1, 0.15) is 0 Å². The normalized spacial score (nSPS) is 11.3. The van der Waals surface area contributed by atoms with Gasteiger partial charge in [-0.25, -0.2) is 4.98 Å². The molecular weight excluding hydrogens is 392 g/mol. The van der Waals surface area contributed by atoms with Crippen molar-refractivity contribution in [2.75, 3.05) is 34.2 Å². The second-order valence-corrected chi connectivity index (χ2v) is 8.38. The van der Waals surface area contributed by atoms with Gasteiger partial charge in [0.2, 0.25) is 0 Å². The average molecular weight is 417 g/mol. The molecule has 0 radical (unpaired) electrons. The van der Waals surface area contributed by atoms with E-state index >= 15 is 0 Å². The number of nitrogens with zero attached hydrogens (tertiary/aromatic N) is 4. The number of rotatable bonds is 8. The molecule has 0 aliphatic heterocycles. The molecule has 0 bridgehead atoms. The molecule has 0 unspecified atom stereocenters. The van der Waals surface area contributed by atoms with Crippen molar-refractivity contribution < 1.29 is 4.79 Å². The summed E-state index contributed by atoms with van der Waals surface area (Å²) in [7, 11) is 5.91. The van der Waals surface area contributed by atoms with Gasteiger partial charge >= 0.3 is 0 Å². The molecule has 2 heterocycles. The number of thioether (sulfide) groups is 1. The number of fused-ring (bicyclic) bond motifs is 1. The van der Waals surface area contributed by atoms with E-state index in [-0.39, 0.29) is 5.91 Å². The van der Waals surface area contributed by atoms with Gasteiger partial charge < -0.3 is 9.80 Å². The fourth-order valence-corrected chi connectivity index (χ4v) is 3.97. The van der Waals surface area contributed by atoms with Gasteiger partial charge in [-0.3, -0.25) is 9.20 Å². The minimum atomic E-state index is -0.0409. The molecule has 0 fully saturated rings. The summed E-state index contributed by atoms with van der Waals surface area (Å²) in [5.41, 5.74) is 2.51. The highest BCUT2D eigenvalue weighted by molar-refractivity contribution is 7.98. The van der Waals surface area contributed by atoms with Crippen molar-refractivity contribution in [1.29, 1.82) is 0 Å². The predicted octanol–water partition coefficient (Wildman–Crippen LogP) is 4.30. The molecule has 1 amide bonds. The van der Waals surface area contributed by atoms with Gasteiger partial charge in [-0.05, 0) is 56.9 Å². The Hall–Kier alpha value is -2.02. The third-order valence-electron chi connectivity index (χ3n) is 4.45. The summed E-state index contributed by atoms with van der Waals surface area (Å²) < 4.78 is 1.99. The smallest absolute Gasteiger partial charge is 0.274 e. The predicted molar refractivity (Wildman–Crippen MR) is 116 cm³/mol. The molecule has 0 aliphatic carbocycles. The molecule has 5 nitrogen and oxygen atoms in total. The summed E-state index contributed by atoms with van der Waals surface area (Å²) in [4.78, 5) is 21.5. The van der Waals surface area contributed by atoms with Crippen LogP contribution in [0.2, 0.25) is 5.02 Å². The van der Waals surface area contributed by atoms with Crippen LogP contribution in [0.4, 0.5) is 0 Å². The lowest BCUT2D eigenvalue weighted by atomic mass is 10.2. The quantitative estimate of drug-likeness (QED) is 0.513. The van der Waals surface area contributed by atoms with Crippen molar-refractivity contribution in [3.8, 4) is 0 Å². The van der Waals surface area contributed by atoms with Crippen LogP contribution in [0.25, 0.3) is 5.52 Å². The van der Waals surface area contributed by atoms with Gasteiger partial charge in [0, 0.05) is 30.6 Å². The molecule has 28 heavy (non-hydrogen) atoms. The first-order valence-electron chi connectivity index (χ1n) is 9.20. The van der Waals surface area contributed by atoms with Gasteiger partial charge in [0.25, 0.3) is 5.91 Å². The Morgan fingerprint density at radius 3 is 2.57 bits per heavy atom. The zero-order valence-electron chi connectivity index (χ0n) is 16.4. The highest BCUT2D eigenvalue weighted by Crippen LogP contribution is 2.26. The van der Waals surface area contributed by atoms with Gasteiger partial charge in [0.05, 0.1) is 5.52 Å². The van der Waals surface area contributed by atoms with Gasteiger partial charge in [-0.15, -0.1) is 0 Å². The first kappa shape index (κ1) is 20.7. The molecule has 0 saturated heterocycles. The summed E-state index contributed by atoms with van der Waals surface area (Å²) in [5.74, 6) is 0.720. The van der Waals surface area contributed by atoms with Crippen molar-refractivity contribution in [1.82, 2.24) is 19.2 Å². The highest BCUT2D eigenvalue weighted by Gasteiger charge is 2.20. The zero-order valence-corrected chi connectivity index (χ0v) is 18.0. The Morgan fingerprint density at radius 1 is 1.11 bits per heavy atom. The van der Waals surface area contributed by atoms with Crippen molar-refractivity contribution in [2.45, 2.75) is 17.3 Å². The molecule has 7 heteroatoms. The van der Waals surface area contributed by atoms with Gasteiger partial charge in [-0.2, -0.15) is 0 Å². The molecule has 1 aromatic carbocycles. The average Bonchev–Trinajstić information content (AvgIpc) is 3.05. The van der Waals surface area contributed by atoms with Crippen LogP contribution in [0.3, 0.4) is 0 Å². The fraction of sp³-hybridized carbons (Fsp3) is 0.333. The third-order valence-corrected chi connectivity index (χ3v) is 5.72. The van der Waals surface area contributed by atoms with Crippen LogP contribution in [0.15, 0.2) is 53.8 Å². The zero-order chi connectivity index (χ0) is 20.1. The topological polar surface area (TPSA) is 40.8 Å². The van der Waals surface area contributed by atoms with E-state index in [0.717, 1.165) is 40.0 Å². The molecule has 0 aliphatic rings. The lowest BCUT2D eigenvalue weighted by Crippen LogP contribution is -2.30. The van der Waals surface area contributed by atoms with E-state index in [0.29, 0.717) is 12.2 Å². The van der Waals surface area contributed by atoms with Crippen molar-refractivity contribution in [2.24, 2.45) is 0 Å². The minimum absolute atomic E-state index is 0.0409. The summed E-state index contributed by atoms with van der Waals surface area (Å²) in [5, 5.41) is 1.54. The fourth-order valence-electron chi connectivity index (χ4n) is 2.90. The Balaban J connectivity index is 1.77. The maximum Gasteiger partial charge on any atom is 0.274 e. The molecule has 148 valence electrons. The monoisotopic (exact) mass is 416 g/mol. The Labute approximate surface area is 175 Å². The van der Waals surface area contributed by atoms with Gasteiger partial charge in [-0.1, -0.05) is 41.6 Å². The molecule has 0 saturated carbocycles. The second kappa shape index (κ2) is 9.45. The summed E-state index contributed by atoms with van der Waals surface area (Å²) in [6.07, 6.45) is 2.88. The standard InChI is InChI=1S/C21H25ClN4OS/c1-24(2)12-6-13-25(3)20(27)19-18-7-4-5-14-26(18)21(23-19)28-15-16-8-10-17(22)11-9-16/h4-5,7-11,14H,6,12-13,15H2,1-3H3. The summed E-state index contributed by atoms with van der Waals surface area (Å²) in [6.45, 7) is 1.65. The lowest BCUT2D eigenvalue weighted by Gasteiger charge is -2.17. The number of benzene rings is 1. The number of halogens is 1. The van der Waals surface area contributed by atoms with E-state index in [1.807, 2.05) is 74.2 Å². The van der Waals surface area contributed by atoms with E-state index < -0.39 is 0 Å². The number of hydrogen-bond acceptors (Lipinski definition) is 4. The lowest BCUT2D eigenvalue weighted by molar-refractivity contribution is 0.0787. The number of carbonyl (C=O) groups is 1. The van der Waals surface area contributed by atoms with Crippen LogP contribution < -0.4 is 0 Å². The number of amides is 1. The Morgan fingerprint density at radius 2 is 1.86 bits per heavy atom. The van der Waals surface area contributed by atoms with Crippen LogP contribution in [0.5, 0.6) is 0 Å². The van der Waals surface area contributed by atoms with Crippen LogP contribution in [-0.2, 0) is 5.75 Å². The number of aromatic nitrogens is 2. The first-order chi connectivity index (χ1) is 13.5. The third kappa shape index (κ3) is 5.07. The van der Waals surface area contributed by atoms with Crippen molar-refractivity contribution in [3.05, 3.63) is 64.9 Å². The maximum absolute atomic E-state index is 13.0. The maximum atomic E-state index is 13.0. The van der Waals surface area contributed by atoms with Crippen LogP contribution in [0.1, 0.15) is 22.5 Å². The van der Waals surface area contributed by atoms with E-state index in [2.05, 4.69) is 9.88 Å².